The molecule has 0 fully saturated rings. The second kappa shape index (κ2) is 5.27. The van der Waals surface area contributed by atoms with E-state index >= 15 is 0 Å². The molecule has 0 bridgehead atoms. The van der Waals surface area contributed by atoms with Gasteiger partial charge < -0.3 is 15.0 Å². The van der Waals surface area contributed by atoms with Crippen LogP contribution in [0, 0.1) is 0 Å². The number of aliphatic carboxylic acids is 1. The molecule has 21 heavy (non-hydrogen) atoms. The highest BCUT2D eigenvalue weighted by Crippen LogP contribution is 2.13. The highest BCUT2D eigenvalue weighted by molar-refractivity contribution is 5.76. The molecule has 0 amide bonds. The number of hydrogen-bond donors (Lipinski definition) is 2. The molecule has 0 aromatic carbocycles. The minimum Gasteiger partial charge on any atom is -0.480 e. The van der Waals surface area contributed by atoms with Crippen LogP contribution in [0.5, 0.6) is 0 Å². The first-order valence-electron chi connectivity index (χ1n) is 6.10. The van der Waals surface area contributed by atoms with Crippen LogP contribution in [0.2, 0.25) is 0 Å². The van der Waals surface area contributed by atoms with Gasteiger partial charge in [0, 0.05) is 20.6 Å². The molecule has 9 heteroatoms. The first-order chi connectivity index (χ1) is 9.86. The maximum Gasteiger partial charge on any atom is 0.332 e. The van der Waals surface area contributed by atoms with Gasteiger partial charge in [-0.25, -0.2) is 4.79 Å². The highest BCUT2D eigenvalue weighted by atomic mass is 16.4. The smallest absolute Gasteiger partial charge is 0.332 e. The van der Waals surface area contributed by atoms with Gasteiger partial charge in [0.25, 0.3) is 5.56 Å². The maximum atomic E-state index is 12.0. The Labute approximate surface area is 118 Å². The topological polar surface area (TPSA) is 113 Å². The van der Waals surface area contributed by atoms with Crippen LogP contribution < -0.4 is 16.1 Å². The number of nitrogens with one attached hydrogen (secondary N) is 1. The van der Waals surface area contributed by atoms with E-state index in [2.05, 4.69) is 16.5 Å². The van der Waals surface area contributed by atoms with E-state index in [0.717, 1.165) is 4.57 Å². The van der Waals surface area contributed by atoms with Gasteiger partial charge in [0.15, 0.2) is 11.2 Å². The zero-order chi connectivity index (χ0) is 15.7. The third kappa shape index (κ3) is 2.45. The Hall–Kier alpha value is -2.84. The number of imidazole rings is 1. The molecule has 112 valence electrons. The minimum absolute atomic E-state index is 0.147. The number of carbonyl (C=O) groups is 1. The average Bonchev–Trinajstić information content (AvgIpc) is 2.87. The molecule has 2 N–H and O–H groups in total. The summed E-state index contributed by atoms with van der Waals surface area (Å²) in [6.07, 6.45) is 1.52. The van der Waals surface area contributed by atoms with E-state index in [1.165, 1.54) is 29.6 Å². The Morgan fingerprint density at radius 2 is 2.10 bits per heavy atom. The SMILES string of the molecule is C=CCN(CC(=O)O)c1nc2c([nH]1)c(=O)n(C)c(=O)n2C. The van der Waals surface area contributed by atoms with E-state index in [9.17, 15) is 14.4 Å². The van der Waals surface area contributed by atoms with Crippen molar-refractivity contribution in [1.29, 1.82) is 0 Å². The molecule has 9 nitrogen and oxygen atoms in total. The summed E-state index contributed by atoms with van der Waals surface area (Å²) in [7, 11) is 2.85. The molecule has 2 aromatic heterocycles. The molecular weight excluding hydrogens is 278 g/mol. The molecule has 0 unspecified atom stereocenters. The number of aryl methyl sites for hydroxylation is 1. The van der Waals surface area contributed by atoms with Crippen LogP contribution in [0.1, 0.15) is 0 Å². The summed E-state index contributed by atoms with van der Waals surface area (Å²) in [4.78, 5) is 43.1. The Morgan fingerprint density at radius 3 is 2.67 bits per heavy atom. The molecule has 0 saturated carbocycles. The summed E-state index contributed by atoms with van der Waals surface area (Å²) in [6, 6.07) is 0. The van der Waals surface area contributed by atoms with Crippen LogP contribution in [-0.2, 0) is 18.9 Å². The average molecular weight is 293 g/mol. The van der Waals surface area contributed by atoms with Crippen LogP contribution >= 0.6 is 0 Å². The van der Waals surface area contributed by atoms with Crippen molar-refractivity contribution in [2.45, 2.75) is 0 Å². The molecule has 0 atom stereocenters. The van der Waals surface area contributed by atoms with Gasteiger partial charge in [-0.15, -0.1) is 6.58 Å². The number of anilines is 1. The fourth-order valence-electron chi connectivity index (χ4n) is 2.01. The van der Waals surface area contributed by atoms with E-state index < -0.39 is 17.2 Å². The summed E-state index contributed by atoms with van der Waals surface area (Å²) in [6.45, 7) is 3.48. The van der Waals surface area contributed by atoms with Gasteiger partial charge >= 0.3 is 11.7 Å². The van der Waals surface area contributed by atoms with Crippen molar-refractivity contribution in [1.82, 2.24) is 19.1 Å². The first-order valence-corrected chi connectivity index (χ1v) is 6.10. The zero-order valence-corrected chi connectivity index (χ0v) is 11.7. The number of hydrogen-bond acceptors (Lipinski definition) is 5. The molecule has 2 heterocycles. The number of aromatic amines is 1. The number of aromatic nitrogens is 4. The van der Waals surface area contributed by atoms with E-state index in [0.29, 0.717) is 0 Å². The Bertz CT molecular complexity index is 829. The van der Waals surface area contributed by atoms with Crippen LogP contribution in [-0.4, -0.2) is 43.3 Å². The number of carboxylic acids is 1. The van der Waals surface area contributed by atoms with Crippen LogP contribution in [0.4, 0.5) is 5.95 Å². The number of fused-ring (bicyclic) bond motifs is 1. The Balaban J connectivity index is 2.66. The molecule has 0 radical (unpaired) electrons. The van der Waals surface area contributed by atoms with Crippen molar-refractivity contribution in [2.24, 2.45) is 14.1 Å². The fraction of sp³-hybridized carbons (Fsp3) is 0.333. The Morgan fingerprint density at radius 1 is 1.43 bits per heavy atom. The molecule has 0 saturated heterocycles. The Kier molecular flexibility index (Phi) is 3.66. The minimum atomic E-state index is -1.04. The van der Waals surface area contributed by atoms with Gasteiger partial charge in [0.2, 0.25) is 5.95 Å². The number of nitrogens with zero attached hydrogens (tertiary/aromatic N) is 4. The van der Waals surface area contributed by atoms with Crippen molar-refractivity contribution in [3.05, 3.63) is 33.5 Å². The van der Waals surface area contributed by atoms with Crippen LogP contribution in [0.15, 0.2) is 22.2 Å². The van der Waals surface area contributed by atoms with Crippen molar-refractivity contribution in [3.63, 3.8) is 0 Å². The molecule has 0 aliphatic heterocycles. The summed E-state index contributed by atoms with van der Waals surface area (Å²) < 4.78 is 2.18. The van der Waals surface area contributed by atoms with Gasteiger partial charge in [-0.2, -0.15) is 4.98 Å². The van der Waals surface area contributed by atoms with Gasteiger partial charge in [0.05, 0.1) is 0 Å². The van der Waals surface area contributed by atoms with E-state index in [1.807, 2.05) is 0 Å². The molecular formula is C12H15N5O4. The normalized spacial score (nSPS) is 10.8. The lowest BCUT2D eigenvalue weighted by Crippen LogP contribution is -2.36. The predicted molar refractivity (Wildman–Crippen MR) is 76.6 cm³/mol. The monoisotopic (exact) mass is 293 g/mol. The molecule has 0 aliphatic carbocycles. The lowest BCUT2D eigenvalue weighted by molar-refractivity contribution is -0.135. The largest absolute Gasteiger partial charge is 0.480 e. The van der Waals surface area contributed by atoms with Crippen LogP contribution in [0.25, 0.3) is 11.2 Å². The van der Waals surface area contributed by atoms with Crippen molar-refractivity contribution in [3.8, 4) is 0 Å². The van der Waals surface area contributed by atoms with Crippen molar-refractivity contribution in [2.75, 3.05) is 18.0 Å². The maximum absolute atomic E-state index is 12.0. The zero-order valence-electron chi connectivity index (χ0n) is 11.7. The van der Waals surface area contributed by atoms with Crippen molar-refractivity contribution < 1.29 is 9.90 Å². The van der Waals surface area contributed by atoms with Gasteiger partial charge in [-0.3, -0.25) is 18.7 Å². The van der Waals surface area contributed by atoms with E-state index in [1.54, 1.807) is 0 Å². The number of carboxylic acid groups (broad SMARTS) is 1. The van der Waals surface area contributed by atoms with E-state index in [-0.39, 0.29) is 30.2 Å². The van der Waals surface area contributed by atoms with Gasteiger partial charge in [0.1, 0.15) is 6.54 Å². The molecule has 2 aromatic rings. The lowest BCUT2D eigenvalue weighted by Gasteiger charge is -2.16. The predicted octanol–water partition coefficient (Wildman–Crippen LogP) is -0.963. The van der Waals surface area contributed by atoms with Gasteiger partial charge in [-0.05, 0) is 0 Å². The third-order valence-electron chi connectivity index (χ3n) is 3.06. The van der Waals surface area contributed by atoms with Crippen LogP contribution in [0.3, 0.4) is 0 Å². The molecule has 0 aliphatic rings. The molecule has 0 spiro atoms. The summed E-state index contributed by atoms with van der Waals surface area (Å²) >= 11 is 0. The van der Waals surface area contributed by atoms with Crippen molar-refractivity contribution >= 4 is 23.1 Å². The lowest BCUT2D eigenvalue weighted by atomic mass is 10.5. The standard InChI is InChI=1S/C12H15N5O4/c1-4-5-17(6-7(18)19)11-13-8-9(14-11)15(2)12(21)16(3)10(8)20/h4H,1,5-6H2,2-3H3,(H,13,14)(H,18,19). The number of H-pyrrole nitrogens is 1. The second-order valence-electron chi connectivity index (χ2n) is 4.53. The highest BCUT2D eigenvalue weighted by Gasteiger charge is 2.18. The summed E-state index contributed by atoms with van der Waals surface area (Å²) in [5.74, 6) is -0.843. The second-order valence-corrected chi connectivity index (χ2v) is 4.53. The number of rotatable bonds is 5. The quantitative estimate of drug-likeness (QED) is 0.686. The fourth-order valence-corrected chi connectivity index (χ4v) is 2.01. The third-order valence-corrected chi connectivity index (χ3v) is 3.06. The van der Waals surface area contributed by atoms with Gasteiger partial charge in [-0.1, -0.05) is 6.08 Å². The van der Waals surface area contributed by atoms with E-state index in [4.69, 9.17) is 5.11 Å². The summed E-state index contributed by atoms with van der Waals surface area (Å²) in [5, 5.41) is 8.91. The summed E-state index contributed by atoms with van der Waals surface area (Å²) in [5.41, 5.74) is -0.689. The molecule has 2 rings (SSSR count). The first kappa shape index (κ1) is 14.6.